The Bertz CT molecular complexity index is 565. The summed E-state index contributed by atoms with van der Waals surface area (Å²) in [4.78, 5) is 0. The zero-order valence-electron chi connectivity index (χ0n) is 10.5. The number of hydrogen-bond donors (Lipinski definition) is 2. The lowest BCUT2D eigenvalue weighted by Gasteiger charge is -2.30. The van der Waals surface area contributed by atoms with Gasteiger partial charge in [-0.25, -0.2) is 0 Å². The second kappa shape index (κ2) is 4.94. The van der Waals surface area contributed by atoms with E-state index in [4.69, 9.17) is 4.74 Å². The fourth-order valence-electron chi connectivity index (χ4n) is 2.52. The molecule has 1 aliphatic rings. The lowest BCUT2D eigenvalue weighted by molar-refractivity contribution is 0.0506. The van der Waals surface area contributed by atoms with Crippen molar-refractivity contribution in [1.29, 1.82) is 0 Å². The van der Waals surface area contributed by atoms with Crippen LogP contribution in [0.1, 0.15) is 17.2 Å². The van der Waals surface area contributed by atoms with Crippen molar-refractivity contribution in [3.8, 4) is 11.5 Å². The molecular weight excluding hydrogens is 240 g/mol. The minimum atomic E-state index is -0.551. The van der Waals surface area contributed by atoms with Gasteiger partial charge in [0.2, 0.25) is 0 Å². The molecule has 2 aromatic rings. The minimum Gasteiger partial charge on any atom is -0.508 e. The Balaban J connectivity index is 1.82. The summed E-state index contributed by atoms with van der Waals surface area (Å²) in [6.45, 7) is 0.465. The van der Waals surface area contributed by atoms with Gasteiger partial charge in [0.15, 0.2) is 0 Å². The molecule has 1 aliphatic heterocycles. The van der Waals surface area contributed by atoms with Crippen LogP contribution in [0.4, 0.5) is 0 Å². The maximum atomic E-state index is 10.4. The summed E-state index contributed by atoms with van der Waals surface area (Å²) in [7, 11) is 0. The first-order valence-electron chi connectivity index (χ1n) is 6.42. The van der Waals surface area contributed by atoms with Crippen LogP contribution in [0.3, 0.4) is 0 Å². The van der Waals surface area contributed by atoms with Gasteiger partial charge in [0.1, 0.15) is 11.5 Å². The van der Waals surface area contributed by atoms with Crippen LogP contribution in [0.5, 0.6) is 11.5 Å². The van der Waals surface area contributed by atoms with Gasteiger partial charge in [-0.05, 0) is 24.1 Å². The molecule has 2 aromatic carbocycles. The van der Waals surface area contributed by atoms with E-state index < -0.39 is 6.10 Å². The summed E-state index contributed by atoms with van der Waals surface area (Å²) < 4.78 is 5.64. The molecule has 3 rings (SSSR count). The Kier molecular flexibility index (Phi) is 3.13. The Morgan fingerprint density at radius 3 is 2.68 bits per heavy atom. The number of phenolic OH excluding ortho intramolecular Hbond substituents is 1. The van der Waals surface area contributed by atoms with Crippen molar-refractivity contribution in [3.05, 3.63) is 59.7 Å². The smallest absolute Gasteiger partial charge is 0.128 e. The lowest BCUT2D eigenvalue weighted by atomic mass is 9.88. The van der Waals surface area contributed by atoms with Crippen LogP contribution < -0.4 is 4.74 Å². The summed E-state index contributed by atoms with van der Waals surface area (Å²) in [5.41, 5.74) is 1.95. The molecule has 0 saturated carbocycles. The van der Waals surface area contributed by atoms with Crippen LogP contribution in [0.15, 0.2) is 48.5 Å². The van der Waals surface area contributed by atoms with E-state index in [0.717, 1.165) is 12.0 Å². The van der Waals surface area contributed by atoms with Crippen LogP contribution in [0.2, 0.25) is 0 Å². The number of aliphatic hydroxyl groups is 1. The zero-order valence-corrected chi connectivity index (χ0v) is 10.5. The molecule has 0 radical (unpaired) electrons. The molecule has 0 fully saturated rings. The second-order valence-corrected chi connectivity index (χ2v) is 4.93. The van der Waals surface area contributed by atoms with Crippen LogP contribution >= 0.6 is 0 Å². The van der Waals surface area contributed by atoms with Gasteiger partial charge in [-0.2, -0.15) is 0 Å². The summed E-state index contributed by atoms with van der Waals surface area (Å²) in [5, 5.41) is 19.8. The van der Waals surface area contributed by atoms with E-state index in [0.29, 0.717) is 12.4 Å². The van der Waals surface area contributed by atoms with Crippen LogP contribution in [0.25, 0.3) is 0 Å². The number of aromatic hydroxyl groups is 1. The van der Waals surface area contributed by atoms with Gasteiger partial charge in [-0.15, -0.1) is 0 Å². The molecule has 0 amide bonds. The van der Waals surface area contributed by atoms with Crippen molar-refractivity contribution in [2.75, 3.05) is 6.61 Å². The first-order chi connectivity index (χ1) is 9.24. The number of benzene rings is 2. The Morgan fingerprint density at radius 1 is 1.11 bits per heavy atom. The number of ether oxygens (including phenoxy) is 1. The van der Waals surface area contributed by atoms with Gasteiger partial charge >= 0.3 is 0 Å². The largest absolute Gasteiger partial charge is 0.508 e. The normalized spacial score (nSPS) is 21.5. The third kappa shape index (κ3) is 2.42. The topological polar surface area (TPSA) is 49.7 Å². The number of rotatable bonds is 2. The standard InChI is InChI=1S/C16H16O3/c17-13-6-7-14-15(9-13)19-10-12(16(14)18)8-11-4-2-1-3-5-11/h1-7,9,12,16-18H,8,10H2/t12-,16+/m0/s1. The van der Waals surface area contributed by atoms with Gasteiger partial charge in [0.05, 0.1) is 12.7 Å². The highest BCUT2D eigenvalue weighted by Gasteiger charge is 2.29. The van der Waals surface area contributed by atoms with Gasteiger partial charge in [-0.3, -0.25) is 0 Å². The molecular formula is C16H16O3. The van der Waals surface area contributed by atoms with Gasteiger partial charge < -0.3 is 14.9 Å². The van der Waals surface area contributed by atoms with Crippen molar-refractivity contribution in [1.82, 2.24) is 0 Å². The van der Waals surface area contributed by atoms with Crippen molar-refractivity contribution in [2.45, 2.75) is 12.5 Å². The Labute approximate surface area is 112 Å². The summed E-state index contributed by atoms with van der Waals surface area (Å²) in [6.07, 6.45) is 0.229. The van der Waals surface area contributed by atoms with E-state index in [9.17, 15) is 10.2 Å². The molecule has 98 valence electrons. The predicted molar refractivity (Wildman–Crippen MR) is 72.2 cm³/mol. The van der Waals surface area contributed by atoms with E-state index in [2.05, 4.69) is 12.1 Å². The van der Waals surface area contributed by atoms with Crippen molar-refractivity contribution in [2.24, 2.45) is 5.92 Å². The van der Waals surface area contributed by atoms with E-state index in [-0.39, 0.29) is 11.7 Å². The number of hydrogen-bond acceptors (Lipinski definition) is 3. The minimum absolute atomic E-state index is 0.0412. The summed E-state index contributed by atoms with van der Waals surface area (Å²) >= 11 is 0. The molecule has 0 aromatic heterocycles. The van der Waals surface area contributed by atoms with Crippen LogP contribution in [-0.2, 0) is 6.42 Å². The molecule has 2 N–H and O–H groups in total. The fourth-order valence-corrected chi connectivity index (χ4v) is 2.52. The fraction of sp³-hybridized carbons (Fsp3) is 0.250. The Morgan fingerprint density at radius 2 is 1.89 bits per heavy atom. The molecule has 0 unspecified atom stereocenters. The van der Waals surface area contributed by atoms with E-state index in [1.54, 1.807) is 18.2 Å². The van der Waals surface area contributed by atoms with Crippen molar-refractivity contribution >= 4 is 0 Å². The van der Waals surface area contributed by atoms with Crippen LogP contribution in [0, 0.1) is 5.92 Å². The molecule has 2 atom stereocenters. The zero-order chi connectivity index (χ0) is 13.2. The molecule has 3 nitrogen and oxygen atoms in total. The highest BCUT2D eigenvalue weighted by Crippen LogP contribution is 2.38. The second-order valence-electron chi connectivity index (χ2n) is 4.93. The maximum absolute atomic E-state index is 10.4. The van der Waals surface area contributed by atoms with Gasteiger partial charge in [-0.1, -0.05) is 30.3 Å². The summed E-state index contributed by atoms with van der Waals surface area (Å²) in [6, 6.07) is 14.9. The third-order valence-electron chi connectivity index (χ3n) is 3.56. The van der Waals surface area contributed by atoms with E-state index in [1.165, 1.54) is 5.56 Å². The average molecular weight is 256 g/mol. The first-order valence-corrected chi connectivity index (χ1v) is 6.42. The lowest BCUT2D eigenvalue weighted by Crippen LogP contribution is -2.27. The van der Waals surface area contributed by atoms with Gasteiger partial charge in [0, 0.05) is 17.5 Å². The van der Waals surface area contributed by atoms with Crippen molar-refractivity contribution in [3.63, 3.8) is 0 Å². The SMILES string of the molecule is Oc1ccc2c(c1)OC[C@H](Cc1ccccc1)[C@H]2O. The number of fused-ring (bicyclic) bond motifs is 1. The molecule has 0 saturated heterocycles. The Hall–Kier alpha value is -2.00. The molecule has 0 bridgehead atoms. The molecule has 1 heterocycles. The monoisotopic (exact) mass is 256 g/mol. The van der Waals surface area contributed by atoms with E-state index >= 15 is 0 Å². The van der Waals surface area contributed by atoms with Crippen LogP contribution in [-0.4, -0.2) is 16.8 Å². The molecule has 3 heteroatoms. The molecule has 0 spiro atoms. The van der Waals surface area contributed by atoms with Crippen molar-refractivity contribution < 1.29 is 14.9 Å². The molecule has 0 aliphatic carbocycles. The molecule has 19 heavy (non-hydrogen) atoms. The number of aliphatic hydroxyl groups excluding tert-OH is 1. The third-order valence-corrected chi connectivity index (χ3v) is 3.56. The summed E-state index contributed by atoms with van der Waals surface area (Å²) in [5.74, 6) is 0.781. The number of phenols is 1. The van der Waals surface area contributed by atoms with E-state index in [1.807, 2.05) is 18.2 Å². The quantitative estimate of drug-likeness (QED) is 0.868. The maximum Gasteiger partial charge on any atom is 0.128 e. The van der Waals surface area contributed by atoms with Gasteiger partial charge in [0.25, 0.3) is 0 Å². The highest BCUT2D eigenvalue weighted by molar-refractivity contribution is 5.43. The highest BCUT2D eigenvalue weighted by atomic mass is 16.5. The predicted octanol–water partition coefficient (Wildman–Crippen LogP) is 2.68. The average Bonchev–Trinajstić information content (AvgIpc) is 2.43. The first kappa shape index (κ1) is 12.1.